The van der Waals surface area contributed by atoms with Crippen molar-refractivity contribution in [1.82, 2.24) is 4.98 Å². The summed E-state index contributed by atoms with van der Waals surface area (Å²) in [5, 5.41) is 0.929. The van der Waals surface area contributed by atoms with Crippen molar-refractivity contribution in [2.24, 2.45) is 0 Å². The van der Waals surface area contributed by atoms with Gasteiger partial charge in [0.15, 0.2) is 11.3 Å². The predicted octanol–water partition coefficient (Wildman–Crippen LogP) is 3.66. The van der Waals surface area contributed by atoms with E-state index in [0.717, 1.165) is 15.4 Å². The standard InChI is InChI=1S/C12H14BrNO3/c1-3-15-12(16-4-2)10-5-8-6-14-7-9(13)11(8)17-10/h5-7,12H,3-4H2,1-2H3. The number of hydrogen-bond donors (Lipinski definition) is 0. The summed E-state index contributed by atoms with van der Waals surface area (Å²) in [6.07, 6.45) is 3.00. The molecule has 0 atom stereocenters. The highest BCUT2D eigenvalue weighted by Gasteiger charge is 2.17. The first-order valence-corrected chi connectivity index (χ1v) is 6.31. The van der Waals surface area contributed by atoms with Gasteiger partial charge >= 0.3 is 0 Å². The minimum Gasteiger partial charge on any atom is -0.454 e. The van der Waals surface area contributed by atoms with E-state index in [4.69, 9.17) is 13.9 Å². The van der Waals surface area contributed by atoms with Crippen molar-refractivity contribution in [1.29, 1.82) is 0 Å². The molecule has 4 nitrogen and oxygen atoms in total. The summed E-state index contributed by atoms with van der Waals surface area (Å²) in [4.78, 5) is 4.09. The van der Waals surface area contributed by atoms with Crippen LogP contribution in [0.2, 0.25) is 0 Å². The van der Waals surface area contributed by atoms with Crippen molar-refractivity contribution < 1.29 is 13.9 Å². The lowest BCUT2D eigenvalue weighted by Gasteiger charge is -2.13. The lowest BCUT2D eigenvalue weighted by atomic mass is 10.3. The second-order valence-corrected chi connectivity index (χ2v) is 4.29. The van der Waals surface area contributed by atoms with Crippen molar-refractivity contribution in [3.63, 3.8) is 0 Å². The molecule has 0 amide bonds. The molecule has 0 saturated carbocycles. The fraction of sp³-hybridized carbons (Fsp3) is 0.417. The van der Waals surface area contributed by atoms with Crippen molar-refractivity contribution >= 4 is 26.9 Å². The molecule has 0 aromatic carbocycles. The molecule has 2 heterocycles. The zero-order chi connectivity index (χ0) is 12.3. The smallest absolute Gasteiger partial charge is 0.217 e. The van der Waals surface area contributed by atoms with E-state index in [1.807, 2.05) is 19.9 Å². The molecule has 0 spiro atoms. The third kappa shape index (κ3) is 2.68. The van der Waals surface area contributed by atoms with E-state index in [1.165, 1.54) is 0 Å². The fourth-order valence-electron chi connectivity index (χ4n) is 1.58. The number of pyridine rings is 1. The minimum atomic E-state index is -0.454. The molecule has 0 saturated heterocycles. The van der Waals surface area contributed by atoms with Crippen molar-refractivity contribution in [2.75, 3.05) is 13.2 Å². The molecular weight excluding hydrogens is 286 g/mol. The second kappa shape index (κ2) is 5.62. The topological polar surface area (TPSA) is 44.5 Å². The van der Waals surface area contributed by atoms with E-state index in [2.05, 4.69) is 20.9 Å². The largest absolute Gasteiger partial charge is 0.454 e. The van der Waals surface area contributed by atoms with Crippen LogP contribution in [0.1, 0.15) is 25.9 Å². The molecule has 5 heteroatoms. The Balaban J connectivity index is 2.36. The van der Waals surface area contributed by atoms with Gasteiger partial charge in [0.05, 0.1) is 4.47 Å². The number of aromatic nitrogens is 1. The van der Waals surface area contributed by atoms with Crippen LogP contribution in [0, 0.1) is 0 Å². The maximum atomic E-state index is 5.73. The van der Waals surface area contributed by atoms with Gasteiger partial charge in [0.25, 0.3) is 0 Å². The van der Waals surface area contributed by atoms with E-state index in [-0.39, 0.29) is 0 Å². The van der Waals surface area contributed by atoms with E-state index >= 15 is 0 Å². The van der Waals surface area contributed by atoms with Crippen LogP contribution >= 0.6 is 15.9 Å². The van der Waals surface area contributed by atoms with Gasteiger partial charge in [0.2, 0.25) is 6.29 Å². The van der Waals surface area contributed by atoms with Crippen molar-refractivity contribution in [3.05, 3.63) is 28.7 Å². The van der Waals surface area contributed by atoms with Crippen LogP contribution in [0.5, 0.6) is 0 Å². The summed E-state index contributed by atoms with van der Waals surface area (Å²) >= 11 is 3.40. The number of halogens is 1. The molecule has 2 aromatic rings. The van der Waals surface area contributed by atoms with E-state index in [9.17, 15) is 0 Å². The zero-order valence-electron chi connectivity index (χ0n) is 9.77. The highest BCUT2D eigenvalue weighted by molar-refractivity contribution is 9.10. The molecule has 0 aliphatic rings. The zero-order valence-corrected chi connectivity index (χ0v) is 11.4. The maximum Gasteiger partial charge on any atom is 0.217 e. The molecule has 0 N–H and O–H groups in total. The molecule has 0 unspecified atom stereocenters. The van der Waals surface area contributed by atoms with Gasteiger partial charge in [-0.15, -0.1) is 0 Å². The third-order valence-corrected chi connectivity index (χ3v) is 2.83. The molecule has 0 aliphatic heterocycles. The summed E-state index contributed by atoms with van der Waals surface area (Å²) in [5.41, 5.74) is 0.763. The number of fused-ring (bicyclic) bond motifs is 1. The summed E-state index contributed by atoms with van der Waals surface area (Å²) in [7, 11) is 0. The normalized spacial score (nSPS) is 11.5. The SMILES string of the molecule is CCOC(OCC)c1cc2cncc(Br)c2o1. The molecule has 0 bridgehead atoms. The molecule has 0 radical (unpaired) electrons. The number of ether oxygens (including phenoxy) is 2. The monoisotopic (exact) mass is 299 g/mol. The number of hydrogen-bond acceptors (Lipinski definition) is 4. The Hall–Kier alpha value is -0.910. The summed E-state index contributed by atoms with van der Waals surface area (Å²) in [6, 6.07) is 1.89. The molecule has 92 valence electrons. The first-order valence-electron chi connectivity index (χ1n) is 5.52. The Labute approximate surface area is 108 Å². The van der Waals surface area contributed by atoms with Crippen LogP contribution in [0.15, 0.2) is 27.3 Å². The van der Waals surface area contributed by atoms with E-state index < -0.39 is 6.29 Å². The van der Waals surface area contributed by atoms with Crippen LogP contribution in [-0.4, -0.2) is 18.2 Å². The van der Waals surface area contributed by atoms with Crippen LogP contribution < -0.4 is 0 Å². The van der Waals surface area contributed by atoms with Crippen LogP contribution in [0.4, 0.5) is 0 Å². The van der Waals surface area contributed by atoms with Crippen molar-refractivity contribution in [2.45, 2.75) is 20.1 Å². The maximum absolute atomic E-state index is 5.73. The second-order valence-electron chi connectivity index (χ2n) is 3.43. The lowest BCUT2D eigenvalue weighted by Crippen LogP contribution is -2.07. The fourth-order valence-corrected chi connectivity index (χ4v) is 2.01. The predicted molar refractivity (Wildman–Crippen MR) is 67.7 cm³/mol. The van der Waals surface area contributed by atoms with Crippen LogP contribution in [0.25, 0.3) is 11.0 Å². The average molecular weight is 300 g/mol. The quantitative estimate of drug-likeness (QED) is 0.790. The molecule has 2 rings (SSSR count). The Morgan fingerprint density at radius 2 is 2.00 bits per heavy atom. The first kappa shape index (κ1) is 12.5. The van der Waals surface area contributed by atoms with Gasteiger partial charge < -0.3 is 13.9 Å². The van der Waals surface area contributed by atoms with Gasteiger partial charge in [-0.25, -0.2) is 0 Å². The molecule has 0 fully saturated rings. The van der Waals surface area contributed by atoms with E-state index in [0.29, 0.717) is 19.0 Å². The minimum absolute atomic E-state index is 0.454. The molecular formula is C12H14BrNO3. The van der Waals surface area contributed by atoms with Gasteiger partial charge in [-0.1, -0.05) is 0 Å². The van der Waals surface area contributed by atoms with Gasteiger partial charge in [0.1, 0.15) is 0 Å². The summed E-state index contributed by atoms with van der Waals surface area (Å²) in [6.45, 7) is 4.99. The lowest BCUT2D eigenvalue weighted by molar-refractivity contribution is -0.150. The van der Waals surface area contributed by atoms with Crippen LogP contribution in [-0.2, 0) is 9.47 Å². The van der Waals surface area contributed by atoms with Crippen molar-refractivity contribution in [3.8, 4) is 0 Å². The van der Waals surface area contributed by atoms with Gasteiger partial charge in [0, 0.05) is 31.0 Å². The average Bonchev–Trinajstić information content (AvgIpc) is 2.74. The van der Waals surface area contributed by atoms with E-state index in [1.54, 1.807) is 12.4 Å². The first-order chi connectivity index (χ1) is 8.26. The number of nitrogens with zero attached hydrogens (tertiary/aromatic N) is 1. The Morgan fingerprint density at radius 3 is 2.59 bits per heavy atom. The number of furan rings is 1. The highest BCUT2D eigenvalue weighted by Crippen LogP contribution is 2.30. The Bertz CT molecular complexity index is 491. The van der Waals surface area contributed by atoms with Gasteiger partial charge in [-0.3, -0.25) is 4.98 Å². The molecule has 0 aliphatic carbocycles. The summed E-state index contributed by atoms with van der Waals surface area (Å²) < 4.78 is 17.5. The summed E-state index contributed by atoms with van der Waals surface area (Å²) in [5.74, 6) is 0.664. The Kier molecular flexibility index (Phi) is 4.15. The van der Waals surface area contributed by atoms with Gasteiger partial charge in [-0.2, -0.15) is 0 Å². The van der Waals surface area contributed by atoms with Crippen LogP contribution in [0.3, 0.4) is 0 Å². The molecule has 2 aromatic heterocycles. The molecule has 17 heavy (non-hydrogen) atoms. The Morgan fingerprint density at radius 1 is 1.29 bits per heavy atom. The third-order valence-electron chi connectivity index (χ3n) is 2.27. The number of rotatable bonds is 5. The van der Waals surface area contributed by atoms with Gasteiger partial charge in [-0.05, 0) is 35.8 Å². The highest BCUT2D eigenvalue weighted by atomic mass is 79.9.